The van der Waals surface area contributed by atoms with Gasteiger partial charge in [-0.25, -0.2) is 4.98 Å². The maximum absolute atomic E-state index is 10.6. The Balaban J connectivity index is 0.000000452. The molecular weight excluding hydrogens is 248 g/mol. The minimum absolute atomic E-state index is 0.671. The third kappa shape index (κ3) is 3.12. The van der Waals surface area contributed by atoms with Crippen molar-refractivity contribution in [2.45, 2.75) is 20.3 Å². The number of nitrogens with zero attached hydrogens (tertiary/aromatic N) is 1. The van der Waals surface area contributed by atoms with E-state index in [4.69, 9.17) is 0 Å². The van der Waals surface area contributed by atoms with Crippen molar-refractivity contribution in [3.63, 3.8) is 0 Å². The van der Waals surface area contributed by atoms with Crippen LogP contribution in [0.3, 0.4) is 0 Å². The van der Waals surface area contributed by atoms with Gasteiger partial charge in [-0.2, -0.15) is 0 Å². The summed E-state index contributed by atoms with van der Waals surface area (Å²) in [6, 6.07) is 15.2. The predicted molar refractivity (Wildman–Crippen MR) is 82.9 cm³/mol. The van der Waals surface area contributed by atoms with Gasteiger partial charge in [-0.1, -0.05) is 56.7 Å². The van der Waals surface area contributed by atoms with E-state index in [-0.39, 0.29) is 0 Å². The van der Waals surface area contributed by atoms with Crippen molar-refractivity contribution < 1.29 is 4.79 Å². The molecule has 3 aromatic rings. The minimum Gasteiger partial charge on any atom is -0.338 e. The summed E-state index contributed by atoms with van der Waals surface area (Å²) in [4.78, 5) is 18.3. The van der Waals surface area contributed by atoms with Gasteiger partial charge in [0.25, 0.3) is 0 Å². The van der Waals surface area contributed by atoms with E-state index in [1.54, 1.807) is 12.1 Å². The lowest BCUT2D eigenvalue weighted by molar-refractivity contribution is 0.112. The Morgan fingerprint density at radius 3 is 2.30 bits per heavy atom. The second-order valence-electron chi connectivity index (χ2n) is 4.55. The Kier molecular flexibility index (Phi) is 4.66. The molecule has 0 radical (unpaired) electrons. The molecular formula is C17H18N2O. The van der Waals surface area contributed by atoms with Crippen LogP contribution in [-0.4, -0.2) is 16.3 Å². The topological polar surface area (TPSA) is 45.8 Å². The number of carbonyl (C=O) groups is 1. The zero-order valence-corrected chi connectivity index (χ0v) is 11.8. The van der Waals surface area contributed by atoms with Gasteiger partial charge in [-0.05, 0) is 12.1 Å². The minimum atomic E-state index is 0.671. The molecule has 0 spiro atoms. The smallest absolute Gasteiger partial charge is 0.150 e. The van der Waals surface area contributed by atoms with E-state index in [1.807, 2.05) is 36.4 Å². The molecule has 0 atom stereocenters. The van der Waals surface area contributed by atoms with Crippen LogP contribution in [0.4, 0.5) is 0 Å². The summed E-state index contributed by atoms with van der Waals surface area (Å²) in [5.74, 6) is 0.823. The number of aromatic nitrogens is 2. The molecule has 1 heterocycles. The molecule has 102 valence electrons. The van der Waals surface area contributed by atoms with Crippen LogP contribution in [0.2, 0.25) is 0 Å². The number of carbonyl (C=O) groups excluding carboxylic acids is 1. The predicted octanol–water partition coefficient (Wildman–Crippen LogP) is 4.46. The molecule has 20 heavy (non-hydrogen) atoms. The van der Waals surface area contributed by atoms with E-state index >= 15 is 0 Å². The van der Waals surface area contributed by atoms with Crippen LogP contribution in [0.15, 0.2) is 48.5 Å². The number of benzene rings is 2. The quantitative estimate of drug-likeness (QED) is 0.696. The molecule has 0 saturated carbocycles. The van der Waals surface area contributed by atoms with Crippen molar-refractivity contribution in [3.05, 3.63) is 54.1 Å². The van der Waals surface area contributed by atoms with Gasteiger partial charge in [0.05, 0.1) is 11.0 Å². The zero-order chi connectivity index (χ0) is 14.4. The highest BCUT2D eigenvalue weighted by Gasteiger charge is 2.04. The van der Waals surface area contributed by atoms with Crippen LogP contribution >= 0.6 is 0 Å². The molecule has 3 rings (SSSR count). The largest absolute Gasteiger partial charge is 0.338 e. The number of para-hydroxylation sites is 2. The molecule has 3 heteroatoms. The van der Waals surface area contributed by atoms with Gasteiger partial charge >= 0.3 is 0 Å². The van der Waals surface area contributed by atoms with Gasteiger partial charge < -0.3 is 4.98 Å². The van der Waals surface area contributed by atoms with Gasteiger partial charge in [0.15, 0.2) is 0 Å². The fourth-order valence-electron chi connectivity index (χ4n) is 1.81. The molecule has 0 bridgehead atoms. The summed E-state index contributed by atoms with van der Waals surface area (Å²) >= 11 is 0. The average Bonchev–Trinajstić information content (AvgIpc) is 2.92. The molecule has 0 amide bonds. The lowest BCUT2D eigenvalue weighted by Gasteiger charge is -1.96. The molecule has 1 N–H and O–H groups in total. The number of nitrogens with one attached hydrogen (secondary N) is 1. The van der Waals surface area contributed by atoms with Crippen molar-refractivity contribution in [1.29, 1.82) is 0 Å². The van der Waals surface area contributed by atoms with Crippen LogP contribution < -0.4 is 0 Å². The van der Waals surface area contributed by atoms with E-state index in [0.29, 0.717) is 5.56 Å². The van der Waals surface area contributed by atoms with Crippen molar-refractivity contribution in [1.82, 2.24) is 9.97 Å². The van der Waals surface area contributed by atoms with Gasteiger partial charge in [0.1, 0.15) is 12.1 Å². The first-order chi connectivity index (χ1) is 9.78. The number of H-pyrrole nitrogens is 1. The van der Waals surface area contributed by atoms with Crippen LogP contribution in [0, 0.1) is 0 Å². The summed E-state index contributed by atoms with van der Waals surface area (Å²) < 4.78 is 0. The van der Waals surface area contributed by atoms with E-state index in [2.05, 4.69) is 23.8 Å². The standard InChI is InChI=1S/C14H10N2O.C3H8/c17-9-10-5-7-11(8-6-10)14-15-12-3-1-2-4-13(12)16-14;1-3-2/h1-9H,(H,15,16);3H2,1-2H3. The van der Waals surface area contributed by atoms with Gasteiger partial charge in [0, 0.05) is 11.1 Å². The Bertz CT molecular complexity index is 651. The highest BCUT2D eigenvalue weighted by molar-refractivity contribution is 5.80. The van der Waals surface area contributed by atoms with E-state index < -0.39 is 0 Å². The summed E-state index contributed by atoms with van der Waals surface area (Å²) in [6.07, 6.45) is 2.09. The van der Waals surface area contributed by atoms with Crippen LogP contribution in [0.5, 0.6) is 0 Å². The fourth-order valence-corrected chi connectivity index (χ4v) is 1.81. The zero-order valence-electron chi connectivity index (χ0n) is 11.8. The number of hydrogen-bond donors (Lipinski definition) is 1. The van der Waals surface area contributed by atoms with Crippen molar-refractivity contribution >= 4 is 17.3 Å². The number of rotatable bonds is 2. The number of imidazole rings is 1. The molecule has 0 unspecified atom stereocenters. The van der Waals surface area contributed by atoms with Crippen LogP contribution in [0.1, 0.15) is 30.6 Å². The molecule has 2 aromatic carbocycles. The maximum atomic E-state index is 10.6. The Hall–Kier alpha value is -2.42. The Morgan fingerprint density at radius 1 is 1.05 bits per heavy atom. The second kappa shape index (κ2) is 6.66. The molecule has 1 aromatic heterocycles. The monoisotopic (exact) mass is 266 g/mol. The number of aldehydes is 1. The summed E-state index contributed by atoms with van der Waals surface area (Å²) in [5, 5.41) is 0. The number of fused-ring (bicyclic) bond motifs is 1. The molecule has 0 aliphatic rings. The first-order valence-corrected chi connectivity index (χ1v) is 6.78. The third-order valence-corrected chi connectivity index (χ3v) is 2.71. The maximum Gasteiger partial charge on any atom is 0.150 e. The van der Waals surface area contributed by atoms with E-state index in [0.717, 1.165) is 28.7 Å². The number of aromatic amines is 1. The highest BCUT2D eigenvalue weighted by Crippen LogP contribution is 2.20. The first kappa shape index (κ1) is 14.0. The van der Waals surface area contributed by atoms with Crippen molar-refractivity contribution in [2.24, 2.45) is 0 Å². The van der Waals surface area contributed by atoms with Crippen molar-refractivity contribution in [2.75, 3.05) is 0 Å². The molecule has 3 nitrogen and oxygen atoms in total. The number of hydrogen-bond acceptors (Lipinski definition) is 2. The van der Waals surface area contributed by atoms with Crippen LogP contribution in [-0.2, 0) is 0 Å². The molecule has 0 saturated heterocycles. The SMILES string of the molecule is CCC.O=Cc1ccc(-c2nc3ccccc3[nH]2)cc1. The van der Waals surface area contributed by atoms with E-state index in [1.165, 1.54) is 6.42 Å². The normalized spacial score (nSPS) is 9.90. The van der Waals surface area contributed by atoms with Crippen molar-refractivity contribution in [3.8, 4) is 11.4 Å². The Morgan fingerprint density at radius 2 is 1.70 bits per heavy atom. The molecule has 0 fully saturated rings. The highest BCUT2D eigenvalue weighted by atomic mass is 16.1. The molecule has 0 aliphatic carbocycles. The van der Waals surface area contributed by atoms with E-state index in [9.17, 15) is 4.79 Å². The summed E-state index contributed by atoms with van der Waals surface area (Å²) in [6.45, 7) is 4.25. The second-order valence-corrected chi connectivity index (χ2v) is 4.55. The van der Waals surface area contributed by atoms with Gasteiger partial charge in [-0.15, -0.1) is 0 Å². The average molecular weight is 266 g/mol. The lowest BCUT2D eigenvalue weighted by atomic mass is 10.1. The fraction of sp³-hybridized carbons (Fsp3) is 0.176. The Labute approximate surface area is 118 Å². The van der Waals surface area contributed by atoms with Crippen LogP contribution in [0.25, 0.3) is 22.4 Å². The van der Waals surface area contributed by atoms with Gasteiger partial charge in [-0.3, -0.25) is 4.79 Å². The van der Waals surface area contributed by atoms with Gasteiger partial charge in [0.2, 0.25) is 0 Å². The lowest BCUT2D eigenvalue weighted by Crippen LogP contribution is -1.82. The summed E-state index contributed by atoms with van der Waals surface area (Å²) in [5.41, 5.74) is 3.61. The molecule has 0 aliphatic heterocycles. The first-order valence-electron chi connectivity index (χ1n) is 6.78. The third-order valence-electron chi connectivity index (χ3n) is 2.71. The summed E-state index contributed by atoms with van der Waals surface area (Å²) in [7, 11) is 0.